The lowest BCUT2D eigenvalue weighted by Crippen LogP contribution is -2.41. The summed E-state index contributed by atoms with van der Waals surface area (Å²) in [6, 6.07) is 4.79. The summed E-state index contributed by atoms with van der Waals surface area (Å²) < 4.78 is 0. The maximum absolute atomic E-state index is 12.1. The molecule has 0 aliphatic rings. The van der Waals surface area contributed by atoms with Gasteiger partial charge in [0.25, 0.3) is 5.91 Å². The van der Waals surface area contributed by atoms with Crippen molar-refractivity contribution < 1.29 is 4.79 Å². The molecule has 0 spiro atoms. The lowest BCUT2D eigenvalue weighted by molar-refractivity contribution is 0.0954. The Labute approximate surface area is 196 Å². The van der Waals surface area contributed by atoms with E-state index in [9.17, 15) is 4.79 Å². The number of hydrogen-bond acceptors (Lipinski definition) is 4. The Bertz CT molecular complexity index is 813. The van der Waals surface area contributed by atoms with Gasteiger partial charge in [-0.1, -0.05) is 37.0 Å². The Morgan fingerprint density at radius 3 is 2.50 bits per heavy atom. The van der Waals surface area contributed by atoms with E-state index in [2.05, 4.69) is 45.2 Å². The molecule has 10 heteroatoms. The number of thiazole rings is 1. The molecule has 2 aromatic rings. The fraction of sp³-hybridized carbons (Fsp3) is 0.389. The highest BCUT2D eigenvalue weighted by Gasteiger charge is 2.08. The Morgan fingerprint density at radius 1 is 1.18 bits per heavy atom. The first kappa shape index (κ1) is 24.9. The maximum Gasteiger partial charge on any atom is 0.251 e. The number of benzene rings is 1. The molecule has 1 heterocycles. The van der Waals surface area contributed by atoms with E-state index in [-0.39, 0.29) is 29.9 Å². The van der Waals surface area contributed by atoms with Crippen LogP contribution in [0, 0.1) is 0 Å². The van der Waals surface area contributed by atoms with Crippen LogP contribution >= 0.6 is 58.5 Å². The minimum Gasteiger partial charge on any atom is -0.355 e. The Morgan fingerprint density at radius 2 is 1.89 bits per heavy atom. The number of nitrogens with zero attached hydrogens (tertiary/aromatic N) is 2. The molecule has 0 fully saturated rings. The minimum atomic E-state index is -0.206. The van der Waals surface area contributed by atoms with Gasteiger partial charge in [0.2, 0.25) is 0 Å². The van der Waals surface area contributed by atoms with E-state index in [0.29, 0.717) is 47.1 Å². The summed E-state index contributed by atoms with van der Waals surface area (Å²) in [4.78, 5) is 20.8. The molecule has 0 aliphatic carbocycles. The van der Waals surface area contributed by atoms with Crippen LogP contribution in [0.4, 0.5) is 0 Å². The fourth-order valence-corrected chi connectivity index (χ4v) is 3.34. The van der Waals surface area contributed by atoms with Crippen LogP contribution in [0.15, 0.2) is 28.6 Å². The molecule has 0 unspecified atom stereocenters. The van der Waals surface area contributed by atoms with Gasteiger partial charge in [-0.2, -0.15) is 0 Å². The van der Waals surface area contributed by atoms with Crippen molar-refractivity contribution in [3.63, 3.8) is 0 Å². The molecular weight excluding hydrogens is 532 g/mol. The molecule has 0 saturated heterocycles. The van der Waals surface area contributed by atoms with E-state index in [1.165, 1.54) is 0 Å². The third-order valence-corrected chi connectivity index (χ3v) is 5.28. The van der Waals surface area contributed by atoms with Gasteiger partial charge in [0, 0.05) is 31.1 Å². The van der Waals surface area contributed by atoms with Crippen LogP contribution in [-0.2, 0) is 6.54 Å². The first-order chi connectivity index (χ1) is 12.9. The second-order valence-electron chi connectivity index (χ2n) is 6.06. The number of amides is 1. The zero-order valence-corrected chi connectivity index (χ0v) is 20.5. The number of nitrogens with one attached hydrogen (secondary N) is 3. The number of carbonyl (C=O) groups is 1. The minimum absolute atomic E-state index is 0. The second-order valence-corrected chi connectivity index (χ2v) is 7.82. The van der Waals surface area contributed by atoms with Crippen molar-refractivity contribution in [2.24, 2.45) is 4.99 Å². The SMILES string of the molecule is CN=C(NCCNC(=O)c1ccc(Cl)c(Cl)c1)NCc1nc(C(C)C)cs1.I. The molecule has 6 nitrogen and oxygen atoms in total. The number of aromatic nitrogens is 1. The summed E-state index contributed by atoms with van der Waals surface area (Å²) in [5, 5.41) is 13.0. The van der Waals surface area contributed by atoms with Crippen LogP contribution in [0.25, 0.3) is 0 Å². The first-order valence-corrected chi connectivity index (χ1v) is 10.2. The van der Waals surface area contributed by atoms with Gasteiger partial charge < -0.3 is 16.0 Å². The molecular formula is C18H24Cl2IN5OS. The summed E-state index contributed by atoms with van der Waals surface area (Å²) in [6.07, 6.45) is 0. The largest absolute Gasteiger partial charge is 0.355 e. The van der Waals surface area contributed by atoms with E-state index in [4.69, 9.17) is 23.2 Å². The molecule has 0 radical (unpaired) electrons. The fourth-order valence-electron chi connectivity index (χ4n) is 2.15. The first-order valence-electron chi connectivity index (χ1n) is 8.52. The van der Waals surface area contributed by atoms with Crippen molar-refractivity contribution in [3.05, 3.63) is 49.9 Å². The van der Waals surface area contributed by atoms with Gasteiger partial charge in [0.15, 0.2) is 5.96 Å². The highest BCUT2D eigenvalue weighted by Crippen LogP contribution is 2.22. The molecule has 1 amide bonds. The molecule has 0 bridgehead atoms. The number of guanidine groups is 1. The van der Waals surface area contributed by atoms with Crippen LogP contribution in [0.5, 0.6) is 0 Å². The third-order valence-electron chi connectivity index (χ3n) is 3.68. The van der Waals surface area contributed by atoms with E-state index in [0.717, 1.165) is 10.7 Å². The summed E-state index contributed by atoms with van der Waals surface area (Å²) in [5.74, 6) is 0.869. The normalized spacial score (nSPS) is 11.1. The number of halogens is 3. The Kier molecular flexibility index (Phi) is 11.1. The predicted octanol–water partition coefficient (Wildman–Crippen LogP) is 4.29. The molecule has 154 valence electrons. The van der Waals surface area contributed by atoms with Gasteiger partial charge in [-0.05, 0) is 24.1 Å². The lowest BCUT2D eigenvalue weighted by atomic mass is 10.2. The summed E-state index contributed by atoms with van der Waals surface area (Å²) in [7, 11) is 1.70. The van der Waals surface area contributed by atoms with E-state index < -0.39 is 0 Å². The van der Waals surface area contributed by atoms with Crippen molar-refractivity contribution in [1.82, 2.24) is 20.9 Å². The quantitative estimate of drug-likeness (QED) is 0.206. The molecule has 3 N–H and O–H groups in total. The highest BCUT2D eigenvalue weighted by atomic mass is 127. The standard InChI is InChI=1S/C18H23Cl2N5OS.HI/c1-11(2)15-10-27-16(25-15)9-24-18(21-3)23-7-6-22-17(26)12-4-5-13(19)14(20)8-12;/h4-5,8,10-11H,6-7,9H2,1-3H3,(H,22,26)(H2,21,23,24);1H. The second kappa shape index (κ2) is 12.5. The Balaban J connectivity index is 0.00000392. The molecule has 1 aromatic heterocycles. The molecule has 1 aromatic carbocycles. The summed E-state index contributed by atoms with van der Waals surface area (Å²) >= 11 is 13.4. The van der Waals surface area contributed by atoms with Gasteiger partial charge in [0.1, 0.15) is 5.01 Å². The van der Waals surface area contributed by atoms with Crippen LogP contribution < -0.4 is 16.0 Å². The van der Waals surface area contributed by atoms with E-state index in [1.54, 1.807) is 36.6 Å². The summed E-state index contributed by atoms with van der Waals surface area (Å²) in [5.41, 5.74) is 1.57. The van der Waals surface area contributed by atoms with Crippen molar-refractivity contribution in [2.45, 2.75) is 26.3 Å². The van der Waals surface area contributed by atoms with Gasteiger partial charge in [-0.15, -0.1) is 35.3 Å². The zero-order valence-electron chi connectivity index (χ0n) is 15.9. The monoisotopic (exact) mass is 555 g/mol. The lowest BCUT2D eigenvalue weighted by Gasteiger charge is -2.11. The number of rotatable bonds is 7. The van der Waals surface area contributed by atoms with Crippen LogP contribution in [0.3, 0.4) is 0 Å². The van der Waals surface area contributed by atoms with Crippen molar-refractivity contribution in [1.29, 1.82) is 0 Å². The predicted molar refractivity (Wildman–Crippen MR) is 129 cm³/mol. The molecule has 0 atom stereocenters. The summed E-state index contributed by atoms with van der Waals surface area (Å²) in [6.45, 7) is 5.82. The molecule has 0 aliphatic heterocycles. The highest BCUT2D eigenvalue weighted by molar-refractivity contribution is 14.0. The maximum atomic E-state index is 12.1. The van der Waals surface area contributed by atoms with Crippen molar-refractivity contribution >= 4 is 70.4 Å². The molecule has 0 saturated carbocycles. The molecule has 28 heavy (non-hydrogen) atoms. The van der Waals surface area contributed by atoms with Crippen LogP contribution in [-0.4, -0.2) is 37.0 Å². The zero-order chi connectivity index (χ0) is 19.8. The number of aliphatic imine (C=N–C) groups is 1. The topological polar surface area (TPSA) is 78.4 Å². The van der Waals surface area contributed by atoms with Gasteiger partial charge in [0.05, 0.1) is 22.3 Å². The van der Waals surface area contributed by atoms with Crippen molar-refractivity contribution in [2.75, 3.05) is 20.1 Å². The van der Waals surface area contributed by atoms with Gasteiger partial charge >= 0.3 is 0 Å². The Hall–Kier alpha value is -1.10. The molecule has 2 rings (SSSR count). The average Bonchev–Trinajstić information content (AvgIpc) is 3.12. The van der Waals surface area contributed by atoms with E-state index >= 15 is 0 Å². The van der Waals surface area contributed by atoms with E-state index in [1.807, 2.05) is 0 Å². The van der Waals surface area contributed by atoms with Crippen LogP contribution in [0.2, 0.25) is 10.0 Å². The third kappa shape index (κ3) is 7.73. The van der Waals surface area contributed by atoms with Crippen LogP contribution in [0.1, 0.15) is 40.8 Å². The van der Waals surface area contributed by atoms with Crippen molar-refractivity contribution in [3.8, 4) is 0 Å². The van der Waals surface area contributed by atoms with Gasteiger partial charge in [-0.25, -0.2) is 4.98 Å². The van der Waals surface area contributed by atoms with Gasteiger partial charge in [-0.3, -0.25) is 9.79 Å². The number of hydrogen-bond donors (Lipinski definition) is 3. The average molecular weight is 556 g/mol. The smallest absolute Gasteiger partial charge is 0.251 e. The number of carbonyl (C=O) groups excluding carboxylic acids is 1.